The Bertz CT molecular complexity index is 2000. The summed E-state index contributed by atoms with van der Waals surface area (Å²) in [5, 5.41) is 22.3. The van der Waals surface area contributed by atoms with Gasteiger partial charge in [-0.3, -0.25) is 0 Å². The van der Waals surface area contributed by atoms with Crippen molar-refractivity contribution in [1.29, 1.82) is 0 Å². The monoisotopic (exact) mass is 662 g/mol. The van der Waals surface area contributed by atoms with Crippen LogP contribution in [0.5, 0.6) is 23.0 Å². The zero-order valence-electron chi connectivity index (χ0n) is 22.1. The van der Waals surface area contributed by atoms with Crippen LogP contribution in [0.3, 0.4) is 0 Å². The number of rotatable bonds is 5. The molecule has 0 unspecified atom stereocenters. The average Bonchev–Trinajstić information content (AvgIpc) is 3.11. The predicted octanol–water partition coefficient (Wildman–Crippen LogP) is 9.12. The normalized spacial score (nSPS) is 12.5. The molecule has 0 amide bonds. The number of benzene rings is 6. The second-order valence-electron chi connectivity index (χ2n) is 9.40. The molecule has 0 N–H and O–H groups in total. The predicted molar refractivity (Wildman–Crippen MR) is 163 cm³/mol. The van der Waals surface area contributed by atoms with E-state index in [1.807, 2.05) is 121 Å². The van der Waals surface area contributed by atoms with Crippen molar-refractivity contribution in [3.8, 4) is 23.0 Å². The van der Waals surface area contributed by atoms with Crippen molar-refractivity contribution >= 4 is 80.6 Å². The molecule has 0 aromatic heterocycles. The molecule has 0 spiro atoms. The van der Waals surface area contributed by atoms with E-state index < -0.39 is 17.3 Å². The third-order valence-electron chi connectivity index (χ3n) is 6.74. The summed E-state index contributed by atoms with van der Waals surface area (Å²) in [6.45, 7) is 0. The Hall–Kier alpha value is -4.49. The third kappa shape index (κ3) is 5.40. The molecule has 0 aliphatic carbocycles. The number of para-hydroxylation sites is 2. The molecule has 1 heterocycles. The van der Waals surface area contributed by atoms with Crippen LogP contribution in [0.15, 0.2) is 142 Å². The number of nitrogens with zero attached hydrogens (tertiary/aromatic N) is 4. The van der Waals surface area contributed by atoms with E-state index in [9.17, 15) is 0 Å². The van der Waals surface area contributed by atoms with Crippen LogP contribution >= 0.6 is 0 Å². The minimum atomic E-state index is -3.54. The molecule has 0 bridgehead atoms. The zero-order chi connectivity index (χ0) is 28.3. The summed E-state index contributed by atoms with van der Waals surface area (Å²) < 4.78 is 25.0. The number of hydrogen-bond donors (Lipinski definition) is 0. The van der Waals surface area contributed by atoms with Gasteiger partial charge < -0.3 is 0 Å². The van der Waals surface area contributed by atoms with E-state index in [1.54, 1.807) is 0 Å². The maximum atomic E-state index is 6.50. The van der Waals surface area contributed by atoms with Crippen LogP contribution in [0.2, 0.25) is 0 Å². The summed E-state index contributed by atoms with van der Waals surface area (Å²) in [5.41, 5.74) is 2.39. The van der Waals surface area contributed by atoms with Crippen molar-refractivity contribution in [3.05, 3.63) is 121 Å². The molecule has 0 saturated heterocycles. The van der Waals surface area contributed by atoms with Gasteiger partial charge in [-0.05, 0) is 0 Å². The number of azo groups is 2. The Balaban J connectivity index is 1.25. The first-order valence-electron chi connectivity index (χ1n) is 13.2. The van der Waals surface area contributed by atoms with Gasteiger partial charge in [-0.2, -0.15) is 0 Å². The summed E-state index contributed by atoms with van der Waals surface area (Å²) in [7, 11) is 0. The Morgan fingerprint density at radius 2 is 1.29 bits per heavy atom. The second kappa shape index (κ2) is 11.8. The molecule has 1 aliphatic heterocycles. The van der Waals surface area contributed by atoms with Gasteiger partial charge in [0.1, 0.15) is 0 Å². The van der Waals surface area contributed by atoms with Gasteiger partial charge in [-0.25, -0.2) is 0 Å². The summed E-state index contributed by atoms with van der Waals surface area (Å²) in [4.78, 5) is 0. The molecule has 6 aromatic carbocycles. The SMILES string of the molecule is [Ga][O]c1cc2ccccc2cc1N=Nc1ccccc1[O][Ga]1[O]c2ccccc2N=Nc2c(ccc3ccccc23)[O]1. The van der Waals surface area contributed by atoms with E-state index in [4.69, 9.17) is 14.1 Å². The maximum absolute atomic E-state index is 6.50. The van der Waals surface area contributed by atoms with E-state index in [1.165, 1.54) is 0 Å². The van der Waals surface area contributed by atoms with Gasteiger partial charge in [0.05, 0.1) is 0 Å². The van der Waals surface area contributed by atoms with Crippen LogP contribution < -0.4 is 14.1 Å². The van der Waals surface area contributed by atoms with Gasteiger partial charge >= 0.3 is 259 Å². The van der Waals surface area contributed by atoms with E-state index in [0.29, 0.717) is 45.7 Å². The van der Waals surface area contributed by atoms with E-state index in [0.717, 1.165) is 40.5 Å². The molecule has 7 rings (SSSR count). The van der Waals surface area contributed by atoms with Gasteiger partial charge in [-0.15, -0.1) is 0 Å². The van der Waals surface area contributed by atoms with Gasteiger partial charge in [-0.1, -0.05) is 0 Å². The van der Waals surface area contributed by atoms with Gasteiger partial charge in [0.2, 0.25) is 0 Å². The molecule has 198 valence electrons. The van der Waals surface area contributed by atoms with Crippen LogP contribution in [-0.2, 0) is 0 Å². The van der Waals surface area contributed by atoms with Crippen molar-refractivity contribution in [3.63, 3.8) is 0 Å². The molecule has 0 atom stereocenters. The first kappa shape index (κ1) is 26.4. The summed E-state index contributed by atoms with van der Waals surface area (Å²) >= 11 is -2.41. The molecule has 0 saturated carbocycles. The van der Waals surface area contributed by atoms with Crippen LogP contribution in [-0.4, -0.2) is 36.3 Å². The van der Waals surface area contributed by atoms with Crippen LogP contribution in [0, 0.1) is 0 Å². The fourth-order valence-corrected chi connectivity index (χ4v) is 7.93. The van der Waals surface area contributed by atoms with Crippen LogP contribution in [0.25, 0.3) is 21.5 Å². The van der Waals surface area contributed by atoms with Gasteiger partial charge in [0.25, 0.3) is 0 Å². The standard InChI is InChI=1S/2C16H12N2O2.2Ga/c19-15-8-4-3-7-13(15)17-18-14-9-11-5-1-2-6-12(11)10-16(14)20;19-14-8-4-3-7-13(14)17-18-16-12-6-2-1-5-11(12)9-10-15(16)20;;/h2*1-10,19-20H;;/q;;+1;+3/p-4. The van der Waals surface area contributed by atoms with E-state index >= 15 is 0 Å². The molecule has 2 radical (unpaired) electrons. The van der Waals surface area contributed by atoms with E-state index in [-0.39, 0.29) is 0 Å². The summed E-state index contributed by atoms with van der Waals surface area (Å²) in [6.07, 6.45) is 0. The first-order valence-corrected chi connectivity index (χ1v) is 17.1. The first-order chi connectivity index (χ1) is 20.7. The van der Waals surface area contributed by atoms with Crippen molar-refractivity contribution < 1.29 is 14.1 Å². The topological polar surface area (TPSA) is 86.4 Å². The fraction of sp³-hybridized carbons (Fsp3) is 0. The number of fused-ring (bicyclic) bond motifs is 5. The average molecular weight is 664 g/mol. The van der Waals surface area contributed by atoms with Crippen LogP contribution in [0.1, 0.15) is 0 Å². The number of hydrogen-bond acceptors (Lipinski definition) is 8. The van der Waals surface area contributed by atoms with Crippen molar-refractivity contribution in [2.24, 2.45) is 20.5 Å². The molecule has 0 fully saturated rings. The molecular weight excluding hydrogens is 644 g/mol. The van der Waals surface area contributed by atoms with Gasteiger partial charge in [0.15, 0.2) is 0 Å². The fourth-order valence-electron chi connectivity index (χ4n) is 4.69. The van der Waals surface area contributed by atoms with Crippen LogP contribution in [0.4, 0.5) is 22.7 Å². The van der Waals surface area contributed by atoms with Gasteiger partial charge in [0, 0.05) is 0 Å². The summed E-state index contributed by atoms with van der Waals surface area (Å²) in [6, 6.07) is 38.8. The molecular formula is C32H20Ga2N4O4. The third-order valence-corrected chi connectivity index (χ3v) is 10.1. The van der Waals surface area contributed by atoms with E-state index in [2.05, 4.69) is 20.5 Å². The molecule has 42 heavy (non-hydrogen) atoms. The molecule has 10 heteroatoms. The van der Waals surface area contributed by atoms with Crippen molar-refractivity contribution in [2.75, 3.05) is 0 Å². The Morgan fingerprint density at radius 3 is 2.17 bits per heavy atom. The molecule has 8 nitrogen and oxygen atoms in total. The quantitative estimate of drug-likeness (QED) is 0.136. The minimum absolute atomic E-state index is 0.503. The Morgan fingerprint density at radius 1 is 0.595 bits per heavy atom. The molecule has 6 aromatic rings. The zero-order valence-corrected chi connectivity index (χ0v) is 27.0. The molecule has 1 aliphatic rings. The Kier molecular flexibility index (Phi) is 7.41. The van der Waals surface area contributed by atoms with Crippen molar-refractivity contribution in [1.82, 2.24) is 0 Å². The summed E-state index contributed by atoms with van der Waals surface area (Å²) in [5.74, 6) is 2.26. The van der Waals surface area contributed by atoms with Crippen molar-refractivity contribution in [2.45, 2.75) is 0 Å². The Labute approximate surface area is 258 Å². The second-order valence-corrected chi connectivity index (χ2v) is 12.6.